The molecule has 3 N–H and O–H groups in total. The molecule has 0 aliphatic carbocycles. The van der Waals surface area contributed by atoms with Crippen LogP contribution >= 0.6 is 0 Å². The number of carboxylic acids is 1. The van der Waals surface area contributed by atoms with Crippen molar-refractivity contribution in [1.82, 2.24) is 9.97 Å². The van der Waals surface area contributed by atoms with Crippen molar-refractivity contribution < 1.29 is 14.8 Å². The monoisotopic (exact) mass is 320 g/mol. The number of carboxylic acid groups (broad SMARTS) is 1. The highest BCUT2D eigenvalue weighted by atomic mass is 16.6. The fraction of sp³-hybridized carbons (Fsp3) is 0.357. The molecule has 1 unspecified atom stereocenters. The summed E-state index contributed by atoms with van der Waals surface area (Å²) in [5.74, 6) is -0.895. The molecule has 0 saturated heterocycles. The number of benzene rings is 1. The van der Waals surface area contributed by atoms with Crippen LogP contribution in [0.15, 0.2) is 23.0 Å². The highest BCUT2D eigenvalue weighted by molar-refractivity contribution is 5.82. The summed E-state index contributed by atoms with van der Waals surface area (Å²) in [6, 6.07) is 2.83. The molecule has 9 nitrogen and oxygen atoms in total. The Kier molecular flexibility index (Phi) is 4.58. The van der Waals surface area contributed by atoms with E-state index in [-0.39, 0.29) is 28.5 Å². The largest absolute Gasteiger partial charge is 0.480 e. The zero-order valence-electron chi connectivity index (χ0n) is 12.6. The van der Waals surface area contributed by atoms with E-state index in [4.69, 9.17) is 0 Å². The number of carbonyl (C=O) groups is 1. The van der Waals surface area contributed by atoms with Gasteiger partial charge in [-0.1, -0.05) is 13.8 Å². The van der Waals surface area contributed by atoms with E-state index in [0.717, 1.165) is 6.07 Å². The predicted molar refractivity (Wildman–Crippen MR) is 83.5 cm³/mol. The van der Waals surface area contributed by atoms with E-state index in [0.29, 0.717) is 6.42 Å². The van der Waals surface area contributed by atoms with E-state index in [1.165, 1.54) is 12.1 Å². The molecule has 0 amide bonds. The number of anilines is 1. The molecule has 0 saturated carbocycles. The SMILES string of the molecule is CC(C)CC(Nc1nc2ccc([N+](=O)[O-])cc2c(=O)[nH]1)C(=O)O. The van der Waals surface area contributed by atoms with Crippen LogP contribution in [0.2, 0.25) is 0 Å². The summed E-state index contributed by atoms with van der Waals surface area (Å²) >= 11 is 0. The van der Waals surface area contributed by atoms with Crippen LogP contribution in [-0.4, -0.2) is 32.0 Å². The number of nitro groups is 1. The van der Waals surface area contributed by atoms with Gasteiger partial charge in [0.25, 0.3) is 11.2 Å². The Hall–Kier alpha value is -2.97. The second-order valence-electron chi connectivity index (χ2n) is 5.54. The summed E-state index contributed by atoms with van der Waals surface area (Å²) in [7, 11) is 0. The molecule has 9 heteroatoms. The van der Waals surface area contributed by atoms with Crippen molar-refractivity contribution in [2.75, 3.05) is 5.32 Å². The fourth-order valence-electron chi connectivity index (χ4n) is 2.17. The Bertz CT molecular complexity index is 814. The van der Waals surface area contributed by atoms with E-state index >= 15 is 0 Å². The molecular formula is C14H16N4O5. The van der Waals surface area contributed by atoms with Crippen molar-refractivity contribution in [3.8, 4) is 0 Å². The Labute approximate surface area is 130 Å². The lowest BCUT2D eigenvalue weighted by Crippen LogP contribution is -2.32. The van der Waals surface area contributed by atoms with Gasteiger partial charge in [0.15, 0.2) is 0 Å². The molecule has 0 radical (unpaired) electrons. The number of hydrogen-bond donors (Lipinski definition) is 3. The summed E-state index contributed by atoms with van der Waals surface area (Å²) in [5.41, 5.74) is -0.542. The van der Waals surface area contributed by atoms with Crippen molar-refractivity contribution in [3.05, 3.63) is 38.7 Å². The van der Waals surface area contributed by atoms with Gasteiger partial charge in [-0.25, -0.2) is 9.78 Å². The van der Waals surface area contributed by atoms with E-state index in [1.54, 1.807) is 0 Å². The van der Waals surface area contributed by atoms with Crippen molar-refractivity contribution in [2.24, 2.45) is 5.92 Å². The highest BCUT2D eigenvalue weighted by Crippen LogP contribution is 2.18. The number of fused-ring (bicyclic) bond motifs is 1. The molecule has 0 spiro atoms. The first-order valence-electron chi connectivity index (χ1n) is 6.95. The number of aromatic amines is 1. The van der Waals surface area contributed by atoms with E-state index in [1.807, 2.05) is 13.8 Å². The zero-order chi connectivity index (χ0) is 17.1. The number of hydrogen-bond acceptors (Lipinski definition) is 6. The summed E-state index contributed by atoms with van der Waals surface area (Å²) in [6.45, 7) is 3.76. The van der Waals surface area contributed by atoms with Gasteiger partial charge in [-0.05, 0) is 18.4 Å². The zero-order valence-corrected chi connectivity index (χ0v) is 12.6. The lowest BCUT2D eigenvalue weighted by atomic mass is 10.0. The minimum atomic E-state index is -1.05. The maximum atomic E-state index is 12.0. The minimum absolute atomic E-state index is 0.0180. The number of nitro benzene ring substituents is 1. The van der Waals surface area contributed by atoms with Crippen LogP contribution in [0.25, 0.3) is 10.9 Å². The number of aromatic nitrogens is 2. The summed E-state index contributed by atoms with van der Waals surface area (Å²) < 4.78 is 0. The highest BCUT2D eigenvalue weighted by Gasteiger charge is 2.20. The molecular weight excluding hydrogens is 304 g/mol. The third-order valence-corrected chi connectivity index (χ3v) is 3.22. The maximum absolute atomic E-state index is 12.0. The van der Waals surface area contributed by atoms with Crippen LogP contribution in [0.3, 0.4) is 0 Å². The van der Waals surface area contributed by atoms with Gasteiger partial charge in [-0.15, -0.1) is 0 Å². The average molecular weight is 320 g/mol. The third kappa shape index (κ3) is 3.82. The second-order valence-corrected chi connectivity index (χ2v) is 5.54. The van der Waals surface area contributed by atoms with Gasteiger partial charge in [-0.2, -0.15) is 0 Å². The fourth-order valence-corrected chi connectivity index (χ4v) is 2.17. The minimum Gasteiger partial charge on any atom is -0.480 e. The van der Waals surface area contributed by atoms with Gasteiger partial charge in [-0.3, -0.25) is 19.9 Å². The van der Waals surface area contributed by atoms with Crippen LogP contribution in [0.5, 0.6) is 0 Å². The van der Waals surface area contributed by atoms with Gasteiger partial charge in [0.05, 0.1) is 15.8 Å². The molecule has 23 heavy (non-hydrogen) atoms. The van der Waals surface area contributed by atoms with Crippen LogP contribution in [0, 0.1) is 16.0 Å². The number of aliphatic carboxylic acids is 1. The van der Waals surface area contributed by atoms with Gasteiger partial charge in [0.1, 0.15) is 6.04 Å². The smallest absolute Gasteiger partial charge is 0.326 e. The van der Waals surface area contributed by atoms with Gasteiger partial charge in [0, 0.05) is 12.1 Å². The lowest BCUT2D eigenvalue weighted by Gasteiger charge is -2.16. The molecule has 1 heterocycles. The quantitative estimate of drug-likeness (QED) is 0.544. The molecule has 0 fully saturated rings. The molecule has 1 atom stereocenters. The third-order valence-electron chi connectivity index (χ3n) is 3.22. The summed E-state index contributed by atoms with van der Waals surface area (Å²) in [5, 5.41) is 22.7. The van der Waals surface area contributed by atoms with Crippen molar-refractivity contribution in [3.63, 3.8) is 0 Å². The average Bonchev–Trinajstić information content (AvgIpc) is 2.45. The van der Waals surface area contributed by atoms with E-state index in [2.05, 4.69) is 15.3 Å². The number of nitrogens with zero attached hydrogens (tertiary/aromatic N) is 2. The maximum Gasteiger partial charge on any atom is 0.326 e. The first-order chi connectivity index (χ1) is 10.8. The normalized spacial score (nSPS) is 12.3. The van der Waals surface area contributed by atoms with Crippen LogP contribution in [-0.2, 0) is 4.79 Å². The standard InChI is InChI=1S/C14H16N4O5/c1-7(2)5-11(13(20)21)16-14-15-10-4-3-8(18(22)23)6-9(10)12(19)17-14/h3-4,6-7,11H,5H2,1-2H3,(H,20,21)(H2,15,16,17,19). The summed E-state index contributed by atoms with van der Waals surface area (Å²) in [6.07, 6.45) is 0.358. The van der Waals surface area contributed by atoms with Crippen LogP contribution in [0.4, 0.5) is 11.6 Å². The summed E-state index contributed by atoms with van der Waals surface area (Å²) in [4.78, 5) is 40.0. The number of non-ortho nitro benzene ring substituents is 1. The molecule has 1 aromatic carbocycles. The predicted octanol–water partition coefficient (Wildman–Crippen LogP) is 1.74. The topological polar surface area (TPSA) is 138 Å². The van der Waals surface area contributed by atoms with E-state index < -0.39 is 22.5 Å². The first-order valence-corrected chi connectivity index (χ1v) is 6.95. The molecule has 1 aromatic heterocycles. The molecule has 0 aliphatic rings. The Morgan fingerprint density at radius 1 is 1.48 bits per heavy atom. The van der Waals surface area contributed by atoms with Crippen molar-refractivity contribution in [2.45, 2.75) is 26.3 Å². The molecule has 122 valence electrons. The molecule has 2 rings (SSSR count). The number of H-pyrrole nitrogens is 1. The first kappa shape index (κ1) is 16.4. The van der Waals surface area contributed by atoms with Gasteiger partial charge >= 0.3 is 5.97 Å². The Morgan fingerprint density at radius 2 is 2.17 bits per heavy atom. The second kappa shape index (κ2) is 6.42. The lowest BCUT2D eigenvalue weighted by molar-refractivity contribution is -0.384. The van der Waals surface area contributed by atoms with Crippen LogP contribution < -0.4 is 10.9 Å². The van der Waals surface area contributed by atoms with E-state index in [9.17, 15) is 24.8 Å². The number of nitrogens with one attached hydrogen (secondary N) is 2. The number of rotatable bonds is 6. The Morgan fingerprint density at radius 3 is 2.74 bits per heavy atom. The van der Waals surface area contributed by atoms with Crippen LogP contribution in [0.1, 0.15) is 20.3 Å². The van der Waals surface area contributed by atoms with Crippen molar-refractivity contribution in [1.29, 1.82) is 0 Å². The van der Waals surface area contributed by atoms with Crippen molar-refractivity contribution >= 4 is 28.5 Å². The molecule has 2 aromatic rings. The Balaban J connectivity index is 2.39. The molecule has 0 bridgehead atoms. The van der Waals surface area contributed by atoms with Gasteiger partial charge in [0.2, 0.25) is 5.95 Å². The van der Waals surface area contributed by atoms with Gasteiger partial charge < -0.3 is 10.4 Å². The molecule has 0 aliphatic heterocycles.